The molecule has 0 radical (unpaired) electrons. The summed E-state index contributed by atoms with van der Waals surface area (Å²) in [5.41, 5.74) is 3.99. The maximum absolute atomic E-state index is 4.82. The van der Waals surface area contributed by atoms with Gasteiger partial charge >= 0.3 is 0 Å². The largest absolute Gasteiger partial charge is 0.343 e. The van der Waals surface area contributed by atoms with Crippen molar-refractivity contribution < 1.29 is 0 Å². The molecule has 1 N–H and O–H groups in total. The van der Waals surface area contributed by atoms with Gasteiger partial charge in [0.15, 0.2) is 5.82 Å². The molecule has 4 heteroatoms. The summed E-state index contributed by atoms with van der Waals surface area (Å²) in [6.07, 6.45) is 2.11. The molecular formula is C24H28N4. The van der Waals surface area contributed by atoms with Gasteiger partial charge in [0.2, 0.25) is 0 Å². The lowest BCUT2D eigenvalue weighted by atomic mass is 9.89. The van der Waals surface area contributed by atoms with E-state index in [9.17, 15) is 0 Å². The Morgan fingerprint density at radius 1 is 1.00 bits per heavy atom. The Balaban J connectivity index is 2.05. The number of benzene rings is 2. The van der Waals surface area contributed by atoms with Crippen molar-refractivity contribution in [2.45, 2.75) is 34.6 Å². The number of aliphatic imine (C=N–C) groups is 1. The van der Waals surface area contributed by atoms with Gasteiger partial charge in [-0.05, 0) is 32.1 Å². The summed E-state index contributed by atoms with van der Waals surface area (Å²) < 4.78 is 0. The maximum atomic E-state index is 4.82. The monoisotopic (exact) mass is 372 g/mol. The highest BCUT2D eigenvalue weighted by molar-refractivity contribution is 6.00. The number of hydrogen-bond acceptors (Lipinski definition) is 4. The van der Waals surface area contributed by atoms with Gasteiger partial charge in [-0.25, -0.2) is 9.97 Å². The molecule has 2 aromatic carbocycles. The fourth-order valence-electron chi connectivity index (χ4n) is 2.99. The fourth-order valence-corrected chi connectivity index (χ4v) is 2.99. The first-order valence-electron chi connectivity index (χ1n) is 9.71. The van der Waals surface area contributed by atoms with Crippen LogP contribution in [0, 0.1) is 5.41 Å². The molecule has 0 fully saturated rings. The summed E-state index contributed by atoms with van der Waals surface area (Å²) >= 11 is 0. The van der Waals surface area contributed by atoms with Gasteiger partial charge in [-0.2, -0.15) is 0 Å². The van der Waals surface area contributed by atoms with Gasteiger partial charge in [0.05, 0.1) is 5.52 Å². The third-order valence-corrected chi connectivity index (χ3v) is 4.40. The first-order chi connectivity index (χ1) is 13.4. The summed E-state index contributed by atoms with van der Waals surface area (Å²) in [5, 5.41) is 4.48. The minimum absolute atomic E-state index is 0.0120. The lowest BCUT2D eigenvalue weighted by Gasteiger charge is -2.20. The van der Waals surface area contributed by atoms with E-state index in [1.165, 1.54) is 0 Å². The van der Waals surface area contributed by atoms with Crippen LogP contribution in [0.2, 0.25) is 0 Å². The fraction of sp³-hybridized carbons (Fsp3) is 0.292. The Hall–Kier alpha value is -3.01. The Morgan fingerprint density at radius 2 is 1.68 bits per heavy atom. The number of allylic oxidation sites excluding steroid dienone is 2. The SMILES string of the molecule is CCN=C(/C=C(\C)Nc1nc(-c2ccccc2)nc2ccccc12)C(C)(C)C. The molecule has 3 aromatic rings. The Bertz CT molecular complexity index is 1010. The highest BCUT2D eigenvalue weighted by Gasteiger charge is 2.17. The molecule has 0 spiro atoms. The molecule has 144 valence electrons. The number of hydrogen-bond donors (Lipinski definition) is 1. The van der Waals surface area contributed by atoms with E-state index in [1.807, 2.05) is 54.6 Å². The first-order valence-corrected chi connectivity index (χ1v) is 9.71. The molecule has 3 rings (SSSR count). The number of rotatable bonds is 5. The van der Waals surface area contributed by atoms with E-state index < -0.39 is 0 Å². The minimum atomic E-state index is -0.0120. The number of anilines is 1. The van der Waals surface area contributed by atoms with Crippen molar-refractivity contribution in [2.24, 2.45) is 10.4 Å². The molecule has 0 atom stereocenters. The molecule has 1 heterocycles. The average molecular weight is 373 g/mol. The van der Waals surface area contributed by atoms with Crippen LogP contribution in [0.25, 0.3) is 22.3 Å². The third kappa shape index (κ3) is 4.63. The van der Waals surface area contributed by atoms with Gasteiger partial charge in [-0.15, -0.1) is 0 Å². The normalized spacial score (nSPS) is 13.0. The van der Waals surface area contributed by atoms with Crippen LogP contribution in [0.15, 0.2) is 71.4 Å². The molecule has 0 aliphatic heterocycles. The molecule has 0 amide bonds. The van der Waals surface area contributed by atoms with Gasteiger partial charge < -0.3 is 5.32 Å². The Kier molecular flexibility index (Phi) is 5.88. The maximum Gasteiger partial charge on any atom is 0.162 e. The highest BCUT2D eigenvalue weighted by Crippen LogP contribution is 2.26. The molecule has 0 aliphatic carbocycles. The predicted octanol–water partition coefficient (Wildman–Crippen LogP) is 6.12. The smallest absolute Gasteiger partial charge is 0.162 e. The summed E-state index contributed by atoms with van der Waals surface area (Å²) in [6, 6.07) is 18.1. The predicted molar refractivity (Wildman–Crippen MR) is 120 cm³/mol. The summed E-state index contributed by atoms with van der Waals surface area (Å²) in [4.78, 5) is 14.2. The van der Waals surface area contributed by atoms with Crippen LogP contribution in [0.1, 0.15) is 34.6 Å². The van der Waals surface area contributed by atoms with E-state index in [2.05, 4.69) is 51.0 Å². The summed E-state index contributed by atoms with van der Waals surface area (Å²) in [5.74, 6) is 1.52. The van der Waals surface area contributed by atoms with Crippen molar-refractivity contribution >= 4 is 22.4 Å². The van der Waals surface area contributed by atoms with E-state index in [1.54, 1.807) is 0 Å². The number of aromatic nitrogens is 2. The van der Waals surface area contributed by atoms with Crippen LogP contribution in [-0.2, 0) is 0 Å². The van der Waals surface area contributed by atoms with Crippen LogP contribution in [0.3, 0.4) is 0 Å². The number of para-hydroxylation sites is 1. The third-order valence-electron chi connectivity index (χ3n) is 4.40. The summed E-state index contributed by atoms with van der Waals surface area (Å²) in [6.45, 7) is 11.4. The molecule has 28 heavy (non-hydrogen) atoms. The van der Waals surface area contributed by atoms with E-state index >= 15 is 0 Å². The van der Waals surface area contributed by atoms with Crippen LogP contribution in [0.5, 0.6) is 0 Å². The van der Waals surface area contributed by atoms with Crippen molar-refractivity contribution in [1.82, 2.24) is 9.97 Å². The standard InChI is InChI=1S/C24H28N4/c1-6-25-21(24(3,4)5)16-17(2)26-23-19-14-10-11-15-20(19)27-22(28-23)18-12-8-7-9-13-18/h7-16H,6H2,1-5H3,(H,26,27,28)/b17-16+,25-21?. The van der Waals surface area contributed by atoms with Gasteiger partial charge in [-0.1, -0.05) is 63.2 Å². The van der Waals surface area contributed by atoms with Crippen molar-refractivity contribution in [3.8, 4) is 11.4 Å². The quantitative estimate of drug-likeness (QED) is 0.549. The molecule has 0 bridgehead atoms. The van der Waals surface area contributed by atoms with Gasteiger partial charge in [0.1, 0.15) is 5.82 Å². The second kappa shape index (κ2) is 8.34. The Labute approximate surface area is 167 Å². The summed E-state index contributed by atoms with van der Waals surface area (Å²) in [7, 11) is 0. The van der Waals surface area contributed by atoms with Crippen molar-refractivity contribution in [3.63, 3.8) is 0 Å². The van der Waals surface area contributed by atoms with Crippen LogP contribution < -0.4 is 5.32 Å². The molecule has 1 aromatic heterocycles. The van der Waals surface area contributed by atoms with E-state index in [-0.39, 0.29) is 5.41 Å². The number of nitrogens with zero attached hydrogens (tertiary/aromatic N) is 3. The van der Waals surface area contributed by atoms with Crippen molar-refractivity contribution in [1.29, 1.82) is 0 Å². The average Bonchev–Trinajstić information content (AvgIpc) is 2.67. The molecule has 4 nitrogen and oxygen atoms in total. The van der Waals surface area contributed by atoms with E-state index in [0.717, 1.165) is 40.2 Å². The van der Waals surface area contributed by atoms with Gasteiger partial charge in [-0.3, -0.25) is 4.99 Å². The topological polar surface area (TPSA) is 50.2 Å². The minimum Gasteiger partial charge on any atom is -0.343 e. The molecular weight excluding hydrogens is 344 g/mol. The lowest BCUT2D eigenvalue weighted by molar-refractivity contribution is 0.591. The van der Waals surface area contributed by atoms with Crippen LogP contribution in [0.4, 0.5) is 5.82 Å². The zero-order valence-electron chi connectivity index (χ0n) is 17.3. The zero-order chi connectivity index (χ0) is 20.1. The van der Waals surface area contributed by atoms with Crippen LogP contribution in [-0.4, -0.2) is 22.2 Å². The Morgan fingerprint density at radius 3 is 2.36 bits per heavy atom. The second-order valence-electron chi connectivity index (χ2n) is 7.84. The van der Waals surface area contributed by atoms with Gasteiger partial charge in [0, 0.05) is 34.3 Å². The van der Waals surface area contributed by atoms with E-state index in [0.29, 0.717) is 5.82 Å². The van der Waals surface area contributed by atoms with Crippen molar-refractivity contribution in [2.75, 3.05) is 11.9 Å². The first kappa shape index (κ1) is 19.7. The zero-order valence-corrected chi connectivity index (χ0v) is 17.3. The van der Waals surface area contributed by atoms with Crippen molar-refractivity contribution in [3.05, 3.63) is 66.4 Å². The number of nitrogens with one attached hydrogen (secondary N) is 1. The van der Waals surface area contributed by atoms with Crippen LogP contribution >= 0.6 is 0 Å². The highest BCUT2D eigenvalue weighted by atomic mass is 15.0. The molecule has 0 aliphatic rings. The molecule has 0 unspecified atom stereocenters. The van der Waals surface area contributed by atoms with Gasteiger partial charge in [0.25, 0.3) is 0 Å². The lowest BCUT2D eigenvalue weighted by Crippen LogP contribution is -2.19. The van der Waals surface area contributed by atoms with E-state index in [4.69, 9.17) is 9.97 Å². The number of fused-ring (bicyclic) bond motifs is 1. The second-order valence-corrected chi connectivity index (χ2v) is 7.84. The molecule has 0 saturated heterocycles. The molecule has 0 saturated carbocycles.